The predicted octanol–water partition coefficient (Wildman–Crippen LogP) is 1.92. The third-order valence-corrected chi connectivity index (χ3v) is 3.47. The molecule has 5 heteroatoms. The fraction of sp³-hybridized carbons (Fsp3) is 0.556. The molecule has 2 heterocycles. The summed E-state index contributed by atoms with van der Waals surface area (Å²) in [5.41, 5.74) is 0.0310. The average Bonchev–Trinajstić information content (AvgIpc) is 2.69. The lowest BCUT2D eigenvalue weighted by molar-refractivity contribution is 0.514. The number of fused-ring (bicyclic) bond motifs is 1. The molecule has 2 aromatic rings. The summed E-state index contributed by atoms with van der Waals surface area (Å²) in [5, 5.41) is 0. The minimum absolute atomic E-state index is 0.0310. The van der Waals surface area contributed by atoms with Crippen LogP contribution in [0.1, 0.15) is 32.7 Å². The van der Waals surface area contributed by atoms with E-state index in [0.29, 0.717) is 0 Å². The van der Waals surface area contributed by atoms with Crippen molar-refractivity contribution in [2.75, 3.05) is 0 Å². The van der Waals surface area contributed by atoms with E-state index in [0.717, 1.165) is 17.8 Å². The van der Waals surface area contributed by atoms with Gasteiger partial charge in [0.2, 0.25) is 4.96 Å². The number of aromatic nitrogens is 3. The smallest absolute Gasteiger partial charge is 0.246 e. The molecule has 0 aromatic carbocycles. The Morgan fingerprint density at radius 1 is 1.64 bits per heavy atom. The lowest BCUT2D eigenvalue weighted by atomic mass is 10.2. The summed E-state index contributed by atoms with van der Waals surface area (Å²) in [6.07, 6.45) is 5.49. The first-order chi connectivity index (χ1) is 6.74. The van der Waals surface area contributed by atoms with Crippen LogP contribution in [0.3, 0.4) is 0 Å². The Morgan fingerprint density at radius 3 is 3.07 bits per heavy atom. The van der Waals surface area contributed by atoms with Crippen LogP contribution in [0.15, 0.2) is 17.2 Å². The molecule has 0 N–H and O–H groups in total. The van der Waals surface area contributed by atoms with Gasteiger partial charge in [0.05, 0.1) is 0 Å². The maximum Gasteiger partial charge on any atom is 0.344 e. The molecule has 2 aromatic heterocycles. The lowest BCUT2D eigenvalue weighted by Gasteiger charge is -2.07. The molecule has 0 fully saturated rings. The van der Waals surface area contributed by atoms with Gasteiger partial charge in [-0.05, 0) is 24.9 Å². The van der Waals surface area contributed by atoms with Crippen LogP contribution in [0.5, 0.6) is 0 Å². The molecule has 0 bridgehead atoms. The van der Waals surface area contributed by atoms with E-state index in [9.17, 15) is 4.79 Å². The van der Waals surface area contributed by atoms with Crippen molar-refractivity contribution in [3.05, 3.63) is 22.9 Å². The van der Waals surface area contributed by atoms with E-state index in [1.807, 2.05) is 0 Å². The summed E-state index contributed by atoms with van der Waals surface area (Å²) in [6.45, 7) is 4.20. The van der Waals surface area contributed by atoms with Gasteiger partial charge in [0.15, 0.2) is 0 Å². The minimum Gasteiger partial charge on any atom is -0.246 e. The molecule has 1 unspecified atom stereocenters. The van der Waals surface area contributed by atoms with Gasteiger partial charge < -0.3 is 0 Å². The molecule has 0 spiro atoms. The Balaban J connectivity index is 2.47. The van der Waals surface area contributed by atoms with Crippen LogP contribution in [-0.4, -0.2) is 13.3 Å². The van der Waals surface area contributed by atoms with Crippen LogP contribution in [-0.2, 0) is 0 Å². The van der Waals surface area contributed by atoms with E-state index in [-0.39, 0.29) is 11.7 Å². The Labute approximate surface area is 86.0 Å². The zero-order chi connectivity index (χ0) is 10.1. The quantitative estimate of drug-likeness (QED) is 0.778. The molecule has 76 valence electrons. The van der Waals surface area contributed by atoms with Gasteiger partial charge in [0.25, 0.3) is 0 Å². The van der Waals surface area contributed by atoms with Crippen molar-refractivity contribution >= 4 is 16.5 Å². The standard InChI is InChI=1S/C9H13N3OS/c1-3-4-7(2)12-9(13)11-6-5-10-8(11)14-12/h5-7H,3-4H2,1-2H3. The summed E-state index contributed by atoms with van der Waals surface area (Å²) in [7, 11) is 0. The van der Waals surface area contributed by atoms with Crippen molar-refractivity contribution in [3.63, 3.8) is 0 Å². The molecule has 0 amide bonds. The van der Waals surface area contributed by atoms with Gasteiger partial charge in [-0.25, -0.2) is 18.1 Å². The molecule has 0 saturated heterocycles. The molecule has 0 aliphatic heterocycles. The van der Waals surface area contributed by atoms with Gasteiger partial charge in [0, 0.05) is 18.4 Å². The van der Waals surface area contributed by atoms with Gasteiger partial charge in [-0.2, -0.15) is 0 Å². The SMILES string of the molecule is CCCC(C)n1sc2nccn2c1=O. The molecule has 4 nitrogen and oxygen atoms in total. The maximum absolute atomic E-state index is 11.8. The molecule has 1 atom stereocenters. The van der Waals surface area contributed by atoms with Crippen molar-refractivity contribution < 1.29 is 0 Å². The second-order valence-corrected chi connectivity index (χ2v) is 4.36. The number of hydrogen-bond donors (Lipinski definition) is 0. The van der Waals surface area contributed by atoms with E-state index >= 15 is 0 Å². The normalized spacial score (nSPS) is 13.6. The van der Waals surface area contributed by atoms with Crippen molar-refractivity contribution in [2.45, 2.75) is 32.7 Å². The first-order valence-corrected chi connectivity index (χ1v) is 5.56. The highest BCUT2D eigenvalue weighted by atomic mass is 32.1. The summed E-state index contributed by atoms with van der Waals surface area (Å²) in [5.74, 6) is 0. The minimum atomic E-state index is 0.0310. The van der Waals surface area contributed by atoms with Gasteiger partial charge in [-0.3, -0.25) is 0 Å². The summed E-state index contributed by atoms with van der Waals surface area (Å²) < 4.78 is 3.39. The first-order valence-electron chi connectivity index (χ1n) is 4.79. The Morgan fingerprint density at radius 2 is 2.43 bits per heavy atom. The third-order valence-electron chi connectivity index (χ3n) is 2.29. The average molecular weight is 211 g/mol. The molecular formula is C9H13N3OS. The zero-order valence-electron chi connectivity index (χ0n) is 8.30. The molecule has 0 saturated carbocycles. The Hall–Kier alpha value is -1.10. The lowest BCUT2D eigenvalue weighted by Crippen LogP contribution is -2.21. The topological polar surface area (TPSA) is 39.3 Å². The highest BCUT2D eigenvalue weighted by Crippen LogP contribution is 2.15. The van der Waals surface area contributed by atoms with Crippen molar-refractivity contribution in [3.8, 4) is 0 Å². The van der Waals surface area contributed by atoms with Crippen molar-refractivity contribution in [1.82, 2.24) is 13.3 Å². The fourth-order valence-electron chi connectivity index (χ4n) is 1.55. The van der Waals surface area contributed by atoms with Crippen molar-refractivity contribution in [2.24, 2.45) is 0 Å². The summed E-state index contributed by atoms with van der Waals surface area (Å²) in [6, 6.07) is 0.277. The van der Waals surface area contributed by atoms with E-state index in [4.69, 9.17) is 0 Å². The highest BCUT2D eigenvalue weighted by Gasteiger charge is 2.12. The van der Waals surface area contributed by atoms with Crippen LogP contribution in [0.2, 0.25) is 0 Å². The summed E-state index contributed by atoms with van der Waals surface area (Å²) in [4.78, 5) is 16.7. The Bertz CT molecular complexity index is 481. The Kier molecular flexibility index (Phi) is 2.41. The van der Waals surface area contributed by atoms with Gasteiger partial charge in [0.1, 0.15) is 0 Å². The van der Waals surface area contributed by atoms with Crippen LogP contribution in [0.4, 0.5) is 0 Å². The maximum atomic E-state index is 11.8. The number of hydrogen-bond acceptors (Lipinski definition) is 3. The van der Waals surface area contributed by atoms with Gasteiger partial charge in [-0.15, -0.1) is 0 Å². The van der Waals surface area contributed by atoms with E-state index in [2.05, 4.69) is 18.8 Å². The van der Waals surface area contributed by atoms with Crippen LogP contribution in [0, 0.1) is 0 Å². The first kappa shape index (κ1) is 9.45. The number of rotatable bonds is 3. The van der Waals surface area contributed by atoms with Gasteiger partial charge >= 0.3 is 5.69 Å². The zero-order valence-corrected chi connectivity index (χ0v) is 9.12. The van der Waals surface area contributed by atoms with E-state index < -0.39 is 0 Å². The summed E-state index contributed by atoms with van der Waals surface area (Å²) >= 11 is 1.43. The van der Waals surface area contributed by atoms with E-state index in [1.165, 1.54) is 11.5 Å². The second kappa shape index (κ2) is 3.57. The van der Waals surface area contributed by atoms with Crippen LogP contribution in [0.25, 0.3) is 4.96 Å². The highest BCUT2D eigenvalue weighted by molar-refractivity contribution is 7.11. The number of imidazole rings is 1. The van der Waals surface area contributed by atoms with Crippen LogP contribution >= 0.6 is 11.5 Å². The number of nitrogens with zero attached hydrogens (tertiary/aromatic N) is 3. The molecular weight excluding hydrogens is 198 g/mol. The second-order valence-electron chi connectivity index (χ2n) is 3.42. The molecule has 0 aliphatic carbocycles. The van der Waals surface area contributed by atoms with Crippen LogP contribution < -0.4 is 5.69 Å². The third kappa shape index (κ3) is 1.37. The molecule has 2 rings (SSSR count). The monoisotopic (exact) mass is 211 g/mol. The van der Waals surface area contributed by atoms with Crippen molar-refractivity contribution in [1.29, 1.82) is 0 Å². The van der Waals surface area contributed by atoms with Gasteiger partial charge in [-0.1, -0.05) is 13.3 Å². The fourth-order valence-corrected chi connectivity index (χ4v) is 2.51. The molecule has 0 aliphatic rings. The predicted molar refractivity (Wildman–Crippen MR) is 56.9 cm³/mol. The molecule has 0 radical (unpaired) electrons. The molecule has 14 heavy (non-hydrogen) atoms. The van der Waals surface area contributed by atoms with E-state index in [1.54, 1.807) is 20.8 Å². The largest absolute Gasteiger partial charge is 0.344 e.